The van der Waals surface area contributed by atoms with Crippen LogP contribution in [0, 0.1) is 0 Å². The minimum absolute atomic E-state index is 0.0413. The van der Waals surface area contributed by atoms with E-state index in [1.165, 1.54) is 23.5 Å². The van der Waals surface area contributed by atoms with Gasteiger partial charge in [-0.2, -0.15) is 0 Å². The highest BCUT2D eigenvalue weighted by Crippen LogP contribution is 2.32. The van der Waals surface area contributed by atoms with Gasteiger partial charge in [-0.25, -0.2) is 29.9 Å². The molecule has 1 aliphatic rings. The normalized spacial score (nSPS) is 22.6. The highest BCUT2D eigenvalue weighted by molar-refractivity contribution is 5.83. The van der Waals surface area contributed by atoms with Crippen molar-refractivity contribution in [1.29, 1.82) is 0 Å². The Labute approximate surface area is 225 Å². The number of hydrogen-bond acceptors (Lipinski definition) is 15. The molecule has 0 bridgehead atoms. The Balaban J connectivity index is 1.31. The number of nitrogens with one attached hydrogen (secondary N) is 1. The first-order valence-electron chi connectivity index (χ1n) is 12.4. The van der Waals surface area contributed by atoms with Crippen molar-refractivity contribution in [3.8, 4) is 0 Å². The fraction of sp³-hybridized carbons (Fsp3) is 0.500. The van der Waals surface area contributed by atoms with Crippen molar-refractivity contribution in [1.82, 2.24) is 44.4 Å². The molecule has 40 heavy (non-hydrogen) atoms. The van der Waals surface area contributed by atoms with E-state index in [9.17, 15) is 25.2 Å². The largest absolute Gasteiger partial charge is 0.391 e. The number of carbonyl (C=O) groups is 1. The lowest BCUT2D eigenvalue weighted by Crippen LogP contribution is -2.43. The lowest BCUT2D eigenvalue weighted by atomic mass is 10.1. The van der Waals surface area contributed by atoms with E-state index < -0.39 is 49.6 Å². The summed E-state index contributed by atoms with van der Waals surface area (Å²) in [4.78, 5) is 37.8. The van der Waals surface area contributed by atoms with Crippen LogP contribution in [0.5, 0.6) is 0 Å². The molecule has 0 radical (unpaired) electrons. The molecule has 1 amide bonds. The summed E-state index contributed by atoms with van der Waals surface area (Å²) < 4.78 is 14.2. The molecule has 0 spiro atoms. The van der Waals surface area contributed by atoms with E-state index in [1.807, 2.05) is 0 Å². The molecule has 1 aliphatic heterocycles. The maximum Gasteiger partial charge on any atom is 0.252 e. The van der Waals surface area contributed by atoms with Crippen LogP contribution in [0.3, 0.4) is 0 Å². The summed E-state index contributed by atoms with van der Waals surface area (Å²) in [5.74, 6) is 0.000550. The molecule has 214 valence electrons. The van der Waals surface area contributed by atoms with Gasteiger partial charge in [0.25, 0.3) is 5.91 Å². The average molecular weight is 560 g/mol. The maximum absolute atomic E-state index is 13.0. The molecule has 5 heterocycles. The van der Waals surface area contributed by atoms with Crippen LogP contribution in [0.4, 0.5) is 11.6 Å². The Morgan fingerprint density at radius 3 is 2.50 bits per heavy atom. The van der Waals surface area contributed by atoms with Crippen LogP contribution in [0.15, 0.2) is 19.0 Å². The summed E-state index contributed by atoms with van der Waals surface area (Å²) in [6.07, 6.45) is -3.40. The van der Waals surface area contributed by atoms with Crippen LogP contribution < -0.4 is 16.8 Å². The number of amides is 1. The molecule has 1 fully saturated rings. The number of aromatic nitrogens is 8. The van der Waals surface area contributed by atoms with E-state index in [4.69, 9.17) is 20.9 Å². The number of carbonyl (C=O) groups excluding carboxylic acids is 1. The summed E-state index contributed by atoms with van der Waals surface area (Å²) in [5.41, 5.74) is 13.0. The second kappa shape index (κ2) is 11.2. The van der Waals surface area contributed by atoms with E-state index in [1.54, 1.807) is 11.5 Å². The van der Waals surface area contributed by atoms with Gasteiger partial charge in [-0.3, -0.25) is 13.9 Å². The number of nitrogen functional groups attached to an aromatic ring is 2. The number of rotatable bonds is 10. The molecule has 6 atom stereocenters. The average Bonchev–Trinajstić information content (AvgIpc) is 3.62. The molecule has 0 saturated carbocycles. The molecule has 9 N–H and O–H groups in total. The van der Waals surface area contributed by atoms with E-state index in [2.05, 4.69) is 35.2 Å². The number of hydrogen-bond donors (Lipinski definition) is 7. The number of ether oxygens (including phenoxy) is 2. The van der Waals surface area contributed by atoms with Crippen LogP contribution in [0.2, 0.25) is 0 Å². The Kier molecular flexibility index (Phi) is 7.70. The Morgan fingerprint density at radius 1 is 1.10 bits per heavy atom. The number of aliphatic hydroxyl groups excluding tert-OH is 4. The fourth-order valence-electron chi connectivity index (χ4n) is 4.57. The number of nitrogens with two attached hydrogens (primary N) is 2. The van der Waals surface area contributed by atoms with Crippen molar-refractivity contribution >= 4 is 39.9 Å². The predicted octanol–water partition coefficient (Wildman–Crippen LogP) is -2.66. The fourth-order valence-corrected chi connectivity index (χ4v) is 4.57. The van der Waals surface area contributed by atoms with E-state index >= 15 is 0 Å². The predicted molar refractivity (Wildman–Crippen MR) is 136 cm³/mol. The highest BCUT2D eigenvalue weighted by Gasteiger charge is 2.47. The molecule has 3 unspecified atom stereocenters. The van der Waals surface area contributed by atoms with Gasteiger partial charge in [0.1, 0.15) is 42.4 Å². The van der Waals surface area contributed by atoms with Crippen molar-refractivity contribution in [2.24, 2.45) is 0 Å². The smallest absolute Gasteiger partial charge is 0.252 e. The third-order valence-electron chi connectivity index (χ3n) is 6.49. The van der Waals surface area contributed by atoms with Gasteiger partial charge in [0.15, 0.2) is 47.1 Å². The van der Waals surface area contributed by atoms with Crippen molar-refractivity contribution in [3.63, 3.8) is 0 Å². The number of fused-ring (bicyclic) bond motifs is 2. The first kappa shape index (κ1) is 27.5. The van der Waals surface area contributed by atoms with E-state index in [0.29, 0.717) is 23.4 Å². The summed E-state index contributed by atoms with van der Waals surface area (Å²) in [6, 6.07) is 0. The quantitative estimate of drug-likeness (QED) is 0.0977. The Morgan fingerprint density at radius 2 is 1.80 bits per heavy atom. The van der Waals surface area contributed by atoms with Crippen molar-refractivity contribution in [2.45, 2.75) is 56.8 Å². The van der Waals surface area contributed by atoms with Crippen molar-refractivity contribution in [2.75, 3.05) is 24.6 Å². The molecule has 0 aromatic carbocycles. The number of anilines is 2. The molecule has 4 aromatic rings. The lowest BCUT2D eigenvalue weighted by molar-refractivity contribution is -0.178. The molecule has 5 rings (SSSR count). The van der Waals surface area contributed by atoms with Gasteiger partial charge in [0.05, 0.1) is 12.9 Å². The molecular weight excluding hydrogens is 530 g/mol. The molecule has 1 saturated heterocycles. The second-order valence-corrected chi connectivity index (χ2v) is 9.02. The van der Waals surface area contributed by atoms with Gasteiger partial charge in [0, 0.05) is 13.0 Å². The second-order valence-electron chi connectivity index (χ2n) is 9.02. The first-order valence-corrected chi connectivity index (χ1v) is 12.4. The first-order chi connectivity index (χ1) is 19.2. The van der Waals surface area contributed by atoms with Gasteiger partial charge >= 0.3 is 0 Å². The number of nitrogens with zero attached hydrogens (tertiary/aromatic N) is 8. The van der Waals surface area contributed by atoms with Gasteiger partial charge < -0.3 is 46.7 Å². The van der Waals surface area contributed by atoms with Crippen LogP contribution in [0.1, 0.15) is 31.6 Å². The molecular formula is C22H29N11O7. The van der Waals surface area contributed by atoms with Crippen molar-refractivity contribution < 1.29 is 34.7 Å². The molecule has 0 aliphatic carbocycles. The zero-order valence-corrected chi connectivity index (χ0v) is 21.3. The van der Waals surface area contributed by atoms with Gasteiger partial charge in [0.2, 0.25) is 0 Å². The number of aliphatic hydroxyl groups is 4. The standard InChI is InChI=1S/C22H29N11O7/c1-2-10(39-11(35)5-34)33-9(31-13-18(24)27-7-29-20(13)33)3-4-25-21(38)16-14(36)15(37)22(40-16)32-8-30-12-17(23)26-6-28-19(12)32/h6-8,10-11,14-16,22,34-37H,2-5H2,1H3,(H,25,38)(H2,23,26,28)(H2,24,27,29)/t10-,11?,14?,15?,16+,22-/m1/s1. The van der Waals surface area contributed by atoms with Crippen LogP contribution in [-0.4, -0.2) is 103 Å². The lowest BCUT2D eigenvalue weighted by Gasteiger charge is -2.23. The third kappa shape index (κ3) is 4.87. The number of imidazole rings is 2. The van der Waals surface area contributed by atoms with Gasteiger partial charge in [-0.05, 0) is 6.42 Å². The zero-order valence-electron chi connectivity index (χ0n) is 21.3. The van der Waals surface area contributed by atoms with Gasteiger partial charge in [-0.15, -0.1) is 0 Å². The maximum atomic E-state index is 13.0. The van der Waals surface area contributed by atoms with Crippen molar-refractivity contribution in [3.05, 3.63) is 24.8 Å². The molecule has 4 aromatic heterocycles. The van der Waals surface area contributed by atoms with E-state index in [-0.39, 0.29) is 35.8 Å². The monoisotopic (exact) mass is 559 g/mol. The summed E-state index contributed by atoms with van der Waals surface area (Å²) in [5, 5.41) is 43.0. The summed E-state index contributed by atoms with van der Waals surface area (Å²) >= 11 is 0. The minimum Gasteiger partial charge on any atom is -0.391 e. The Hall–Kier alpha value is -4.07. The SMILES string of the molecule is CC[C@@H](OC(O)CO)n1c(CCNC(=O)[C@H]2O[C@@H](n3cnc4c(N)ncnc43)C(O)C2O)nc2c(N)ncnc21. The topological polar surface area (TPSA) is 268 Å². The van der Waals surface area contributed by atoms with Crippen LogP contribution in [0.25, 0.3) is 22.3 Å². The van der Waals surface area contributed by atoms with Gasteiger partial charge in [-0.1, -0.05) is 6.92 Å². The summed E-state index contributed by atoms with van der Waals surface area (Å²) in [6.45, 7) is 1.23. The van der Waals surface area contributed by atoms with E-state index in [0.717, 1.165) is 0 Å². The zero-order chi connectivity index (χ0) is 28.6. The van der Waals surface area contributed by atoms with Crippen LogP contribution in [-0.2, 0) is 20.7 Å². The Bertz CT molecular complexity index is 1510. The highest BCUT2D eigenvalue weighted by atomic mass is 16.6. The molecule has 18 nitrogen and oxygen atoms in total. The minimum atomic E-state index is -1.54. The third-order valence-corrected chi connectivity index (χ3v) is 6.49. The molecule has 18 heteroatoms. The summed E-state index contributed by atoms with van der Waals surface area (Å²) in [7, 11) is 0. The van der Waals surface area contributed by atoms with Crippen LogP contribution >= 0.6 is 0 Å².